The van der Waals surface area contributed by atoms with E-state index in [4.69, 9.17) is 0 Å². The topological polar surface area (TPSA) is 46.2 Å². The van der Waals surface area contributed by atoms with E-state index < -0.39 is 5.54 Å². The SMILES string of the molecule is CC(=O)NC1(CCBr)C=CC(=O)C=C1. The first kappa shape index (κ1) is 11.2. The van der Waals surface area contributed by atoms with Crippen molar-refractivity contribution in [3.05, 3.63) is 24.3 Å². The second-order valence-corrected chi connectivity index (χ2v) is 4.02. The molecule has 0 aromatic rings. The molecule has 14 heavy (non-hydrogen) atoms. The van der Waals surface area contributed by atoms with E-state index in [1.165, 1.54) is 19.1 Å². The Hall–Kier alpha value is -0.900. The summed E-state index contributed by atoms with van der Waals surface area (Å²) in [6.45, 7) is 1.47. The maximum atomic E-state index is 11.0. The van der Waals surface area contributed by atoms with Crippen molar-refractivity contribution in [1.82, 2.24) is 5.32 Å². The Kier molecular flexibility index (Phi) is 3.63. The number of hydrogen-bond donors (Lipinski definition) is 1. The lowest BCUT2D eigenvalue weighted by atomic mass is 9.91. The van der Waals surface area contributed by atoms with Gasteiger partial charge in [-0.05, 0) is 18.6 Å². The number of alkyl halides is 1. The van der Waals surface area contributed by atoms with E-state index in [2.05, 4.69) is 21.2 Å². The molecule has 0 heterocycles. The molecule has 0 saturated heterocycles. The molecule has 76 valence electrons. The van der Waals surface area contributed by atoms with E-state index >= 15 is 0 Å². The minimum Gasteiger partial charge on any atom is -0.344 e. The van der Waals surface area contributed by atoms with Gasteiger partial charge in [0.25, 0.3) is 0 Å². The van der Waals surface area contributed by atoms with Gasteiger partial charge in [0.15, 0.2) is 5.78 Å². The molecule has 0 spiro atoms. The van der Waals surface area contributed by atoms with Gasteiger partial charge in [0.05, 0.1) is 5.54 Å². The maximum Gasteiger partial charge on any atom is 0.217 e. The van der Waals surface area contributed by atoms with E-state index in [9.17, 15) is 9.59 Å². The van der Waals surface area contributed by atoms with E-state index in [0.717, 1.165) is 11.8 Å². The number of nitrogens with one attached hydrogen (secondary N) is 1. The van der Waals surface area contributed by atoms with Crippen LogP contribution in [0.15, 0.2) is 24.3 Å². The fourth-order valence-corrected chi connectivity index (χ4v) is 2.03. The molecule has 0 aromatic heterocycles. The van der Waals surface area contributed by atoms with Crippen molar-refractivity contribution in [2.24, 2.45) is 0 Å². The highest BCUT2D eigenvalue weighted by Crippen LogP contribution is 2.19. The third-order valence-electron chi connectivity index (χ3n) is 2.01. The fraction of sp³-hybridized carbons (Fsp3) is 0.400. The lowest BCUT2D eigenvalue weighted by Crippen LogP contribution is -2.45. The van der Waals surface area contributed by atoms with Gasteiger partial charge in [-0.1, -0.05) is 28.1 Å². The first-order valence-electron chi connectivity index (χ1n) is 4.35. The van der Waals surface area contributed by atoms with Crippen LogP contribution in [0.25, 0.3) is 0 Å². The van der Waals surface area contributed by atoms with E-state index in [1.807, 2.05) is 0 Å². The largest absolute Gasteiger partial charge is 0.344 e. The third-order valence-corrected chi connectivity index (χ3v) is 2.40. The van der Waals surface area contributed by atoms with Crippen LogP contribution in [0, 0.1) is 0 Å². The molecule has 0 unspecified atom stereocenters. The van der Waals surface area contributed by atoms with Crippen LogP contribution >= 0.6 is 15.9 Å². The van der Waals surface area contributed by atoms with Gasteiger partial charge in [-0.3, -0.25) is 9.59 Å². The summed E-state index contributed by atoms with van der Waals surface area (Å²) in [6.07, 6.45) is 7.17. The Bertz CT molecular complexity index is 291. The van der Waals surface area contributed by atoms with Gasteiger partial charge in [-0.25, -0.2) is 0 Å². The first-order chi connectivity index (χ1) is 6.58. The highest BCUT2D eigenvalue weighted by molar-refractivity contribution is 9.09. The first-order valence-corrected chi connectivity index (χ1v) is 5.47. The van der Waals surface area contributed by atoms with Crippen molar-refractivity contribution in [2.45, 2.75) is 18.9 Å². The van der Waals surface area contributed by atoms with Crippen LogP contribution in [0.1, 0.15) is 13.3 Å². The molecule has 3 nitrogen and oxygen atoms in total. The third kappa shape index (κ3) is 2.80. The van der Waals surface area contributed by atoms with Crippen LogP contribution < -0.4 is 5.32 Å². The molecule has 1 aliphatic rings. The summed E-state index contributed by atoms with van der Waals surface area (Å²) in [5, 5.41) is 3.58. The Morgan fingerprint density at radius 2 is 2.07 bits per heavy atom. The predicted octanol–water partition coefficient (Wildman–Crippen LogP) is 1.34. The molecule has 1 aliphatic carbocycles. The molecular formula is C10H12BrNO2. The standard InChI is InChI=1S/C10H12BrNO2/c1-8(13)12-10(6-7-11)4-2-9(14)3-5-10/h2-5H,6-7H2,1H3,(H,12,13). The Labute approximate surface area is 91.4 Å². The molecular weight excluding hydrogens is 246 g/mol. The van der Waals surface area contributed by atoms with Gasteiger partial charge in [0.1, 0.15) is 0 Å². The molecule has 1 amide bonds. The quantitative estimate of drug-likeness (QED) is 0.776. The van der Waals surface area contributed by atoms with Crippen LogP contribution in [0.5, 0.6) is 0 Å². The molecule has 0 saturated carbocycles. The summed E-state index contributed by atoms with van der Waals surface area (Å²) in [5.41, 5.74) is -0.497. The van der Waals surface area contributed by atoms with Crippen molar-refractivity contribution in [1.29, 1.82) is 0 Å². The summed E-state index contributed by atoms with van der Waals surface area (Å²) in [7, 11) is 0. The molecule has 0 atom stereocenters. The fourth-order valence-electron chi connectivity index (χ4n) is 1.37. The van der Waals surface area contributed by atoms with Gasteiger partial charge in [-0.15, -0.1) is 0 Å². The van der Waals surface area contributed by atoms with Crippen LogP contribution in [0.4, 0.5) is 0 Å². The maximum absolute atomic E-state index is 11.0. The normalized spacial score (nSPS) is 18.3. The second kappa shape index (κ2) is 4.55. The van der Waals surface area contributed by atoms with E-state index in [0.29, 0.717) is 0 Å². The number of amides is 1. The Morgan fingerprint density at radius 3 is 2.50 bits per heavy atom. The molecule has 4 heteroatoms. The number of allylic oxidation sites excluding steroid dienone is 2. The lowest BCUT2D eigenvalue weighted by molar-refractivity contribution is -0.120. The molecule has 0 radical (unpaired) electrons. The van der Waals surface area contributed by atoms with Gasteiger partial charge in [-0.2, -0.15) is 0 Å². The van der Waals surface area contributed by atoms with Crippen molar-refractivity contribution >= 4 is 27.6 Å². The number of rotatable bonds is 3. The van der Waals surface area contributed by atoms with Crippen molar-refractivity contribution in [3.63, 3.8) is 0 Å². The summed E-state index contributed by atoms with van der Waals surface area (Å²) >= 11 is 3.32. The number of ketones is 1. The second-order valence-electron chi connectivity index (χ2n) is 3.23. The van der Waals surface area contributed by atoms with Gasteiger partial charge in [0.2, 0.25) is 5.91 Å². The predicted molar refractivity (Wildman–Crippen MR) is 58.2 cm³/mol. The van der Waals surface area contributed by atoms with Gasteiger partial charge in [0, 0.05) is 12.3 Å². The number of hydrogen-bond acceptors (Lipinski definition) is 2. The summed E-state index contributed by atoms with van der Waals surface area (Å²) in [4.78, 5) is 21.9. The molecule has 0 bridgehead atoms. The lowest BCUT2D eigenvalue weighted by Gasteiger charge is -2.29. The smallest absolute Gasteiger partial charge is 0.217 e. The molecule has 1 rings (SSSR count). The summed E-state index contributed by atoms with van der Waals surface area (Å²) in [6, 6.07) is 0. The number of carbonyl (C=O) groups is 2. The van der Waals surface area contributed by atoms with Crippen molar-refractivity contribution in [3.8, 4) is 0 Å². The van der Waals surface area contributed by atoms with Gasteiger partial charge < -0.3 is 5.32 Å². The minimum absolute atomic E-state index is 0.0412. The van der Waals surface area contributed by atoms with Crippen LogP contribution in [0.2, 0.25) is 0 Å². The summed E-state index contributed by atoms with van der Waals surface area (Å²) < 4.78 is 0. The zero-order chi connectivity index (χ0) is 10.6. The van der Waals surface area contributed by atoms with Crippen molar-refractivity contribution < 1.29 is 9.59 Å². The van der Waals surface area contributed by atoms with Gasteiger partial charge >= 0.3 is 0 Å². The summed E-state index contributed by atoms with van der Waals surface area (Å²) in [5.74, 6) is -0.143. The average molecular weight is 258 g/mol. The highest BCUT2D eigenvalue weighted by Gasteiger charge is 2.26. The highest BCUT2D eigenvalue weighted by atomic mass is 79.9. The Morgan fingerprint density at radius 1 is 1.50 bits per heavy atom. The average Bonchev–Trinajstić information content (AvgIpc) is 2.10. The molecule has 0 aromatic carbocycles. The van der Waals surface area contributed by atoms with E-state index in [-0.39, 0.29) is 11.7 Å². The molecule has 1 N–H and O–H groups in total. The number of carbonyl (C=O) groups excluding carboxylic acids is 2. The monoisotopic (exact) mass is 257 g/mol. The van der Waals surface area contributed by atoms with Crippen LogP contribution in [-0.2, 0) is 9.59 Å². The number of halogens is 1. The van der Waals surface area contributed by atoms with Crippen LogP contribution in [-0.4, -0.2) is 22.6 Å². The molecule has 0 aliphatic heterocycles. The molecule has 0 fully saturated rings. The van der Waals surface area contributed by atoms with E-state index in [1.54, 1.807) is 12.2 Å². The zero-order valence-corrected chi connectivity index (χ0v) is 9.50. The minimum atomic E-state index is -0.497. The Balaban J connectivity index is 2.83. The zero-order valence-electron chi connectivity index (χ0n) is 7.92. The van der Waals surface area contributed by atoms with Crippen LogP contribution in [0.3, 0.4) is 0 Å². The van der Waals surface area contributed by atoms with Crippen molar-refractivity contribution in [2.75, 3.05) is 5.33 Å².